The number of pyridine rings is 1. The molecule has 0 amide bonds. The van der Waals surface area contributed by atoms with Gasteiger partial charge in [-0.05, 0) is 5.56 Å². The van der Waals surface area contributed by atoms with Gasteiger partial charge in [-0.2, -0.15) is 5.10 Å². The number of hydrogen-bond donors (Lipinski definition) is 0. The minimum absolute atomic E-state index is 0.0659. The van der Waals surface area contributed by atoms with Crippen LogP contribution < -0.4 is 9.47 Å². The average Bonchev–Trinajstić information content (AvgIpc) is 2.80. The van der Waals surface area contributed by atoms with E-state index in [1.807, 2.05) is 6.07 Å². The Morgan fingerprint density at radius 2 is 2.05 bits per heavy atom. The summed E-state index contributed by atoms with van der Waals surface area (Å²) < 4.78 is 11.6. The van der Waals surface area contributed by atoms with E-state index in [4.69, 9.17) is 9.47 Å². The molecule has 0 saturated carbocycles. The first-order valence-corrected chi connectivity index (χ1v) is 5.73. The van der Waals surface area contributed by atoms with Gasteiger partial charge in [0.1, 0.15) is 5.69 Å². The standard InChI is InChI=1S/C13H15N3O3/c1-16-13(11(18-2)8-15-16)10(17)6-9-4-5-12(19-3)14-7-9/h4-5,7-8H,6H2,1-3H3. The molecule has 0 bridgehead atoms. The van der Waals surface area contributed by atoms with Gasteiger partial charge < -0.3 is 9.47 Å². The molecule has 0 aromatic carbocycles. The SMILES string of the molecule is COc1ccc(CC(=O)c2c(OC)cnn2C)cn1. The largest absolute Gasteiger partial charge is 0.493 e. The van der Waals surface area contributed by atoms with Crippen molar-refractivity contribution in [2.24, 2.45) is 7.05 Å². The molecule has 6 nitrogen and oxygen atoms in total. The van der Waals surface area contributed by atoms with Crippen molar-refractivity contribution in [2.45, 2.75) is 6.42 Å². The third-order valence-corrected chi connectivity index (χ3v) is 2.76. The molecule has 100 valence electrons. The number of carbonyl (C=O) groups is 1. The van der Waals surface area contributed by atoms with Crippen LogP contribution >= 0.6 is 0 Å². The Kier molecular flexibility index (Phi) is 3.79. The molecular weight excluding hydrogens is 246 g/mol. The molecule has 0 radical (unpaired) electrons. The topological polar surface area (TPSA) is 66.2 Å². The summed E-state index contributed by atoms with van der Waals surface area (Å²) >= 11 is 0. The highest BCUT2D eigenvalue weighted by Crippen LogP contribution is 2.19. The van der Waals surface area contributed by atoms with E-state index < -0.39 is 0 Å². The highest BCUT2D eigenvalue weighted by molar-refractivity contribution is 5.98. The Morgan fingerprint density at radius 1 is 1.26 bits per heavy atom. The van der Waals surface area contributed by atoms with Crippen molar-refractivity contribution < 1.29 is 14.3 Å². The maximum Gasteiger partial charge on any atom is 0.212 e. The first-order chi connectivity index (χ1) is 9.15. The van der Waals surface area contributed by atoms with Crippen LogP contribution in [0.3, 0.4) is 0 Å². The number of ether oxygens (including phenoxy) is 2. The fraction of sp³-hybridized carbons (Fsp3) is 0.308. The van der Waals surface area contributed by atoms with Crippen LogP contribution in [-0.4, -0.2) is 34.8 Å². The van der Waals surface area contributed by atoms with E-state index in [0.29, 0.717) is 17.3 Å². The van der Waals surface area contributed by atoms with Gasteiger partial charge in [-0.15, -0.1) is 0 Å². The highest BCUT2D eigenvalue weighted by Gasteiger charge is 2.17. The summed E-state index contributed by atoms with van der Waals surface area (Å²) in [5.74, 6) is 0.937. The quantitative estimate of drug-likeness (QED) is 0.758. The maximum absolute atomic E-state index is 12.2. The van der Waals surface area contributed by atoms with Crippen molar-refractivity contribution in [3.8, 4) is 11.6 Å². The van der Waals surface area contributed by atoms with Crippen LogP contribution in [0.5, 0.6) is 11.6 Å². The van der Waals surface area contributed by atoms with Crippen molar-refractivity contribution in [1.29, 1.82) is 0 Å². The van der Waals surface area contributed by atoms with E-state index in [0.717, 1.165) is 5.56 Å². The number of Topliss-reactive ketones (excluding diaryl/α,β-unsaturated/α-hetero) is 1. The molecule has 2 aromatic rings. The lowest BCUT2D eigenvalue weighted by Crippen LogP contribution is -2.11. The molecule has 0 aliphatic heterocycles. The minimum Gasteiger partial charge on any atom is -0.493 e. The van der Waals surface area contributed by atoms with Crippen LogP contribution in [0.2, 0.25) is 0 Å². The molecular formula is C13H15N3O3. The van der Waals surface area contributed by atoms with Crippen LogP contribution in [0.1, 0.15) is 16.1 Å². The summed E-state index contributed by atoms with van der Waals surface area (Å²) in [5.41, 5.74) is 1.27. The molecule has 0 saturated heterocycles. The first kappa shape index (κ1) is 13.1. The summed E-state index contributed by atoms with van der Waals surface area (Å²) in [5, 5.41) is 4.01. The van der Waals surface area contributed by atoms with Gasteiger partial charge in [0.05, 0.1) is 20.4 Å². The zero-order chi connectivity index (χ0) is 13.8. The van der Waals surface area contributed by atoms with Crippen molar-refractivity contribution in [3.63, 3.8) is 0 Å². The van der Waals surface area contributed by atoms with Gasteiger partial charge in [-0.1, -0.05) is 6.07 Å². The molecule has 2 aromatic heterocycles. The van der Waals surface area contributed by atoms with Crippen LogP contribution in [-0.2, 0) is 13.5 Å². The molecule has 0 atom stereocenters. The molecule has 19 heavy (non-hydrogen) atoms. The lowest BCUT2D eigenvalue weighted by atomic mass is 10.1. The first-order valence-electron chi connectivity index (χ1n) is 5.73. The van der Waals surface area contributed by atoms with Gasteiger partial charge in [-0.25, -0.2) is 4.98 Å². The highest BCUT2D eigenvalue weighted by atomic mass is 16.5. The third kappa shape index (κ3) is 2.73. The number of methoxy groups -OCH3 is 2. The van der Waals surface area contributed by atoms with Gasteiger partial charge in [0, 0.05) is 25.7 Å². The Hall–Kier alpha value is -2.37. The van der Waals surface area contributed by atoms with E-state index in [1.165, 1.54) is 18.0 Å². The van der Waals surface area contributed by atoms with Crippen molar-refractivity contribution in [1.82, 2.24) is 14.8 Å². The van der Waals surface area contributed by atoms with Crippen molar-refractivity contribution in [3.05, 3.63) is 35.8 Å². The third-order valence-electron chi connectivity index (χ3n) is 2.76. The number of rotatable bonds is 5. The smallest absolute Gasteiger partial charge is 0.212 e. The predicted octanol–water partition coefficient (Wildman–Crippen LogP) is 1.26. The molecule has 0 spiro atoms. The Morgan fingerprint density at radius 3 is 2.63 bits per heavy atom. The fourth-order valence-corrected chi connectivity index (χ4v) is 1.79. The molecule has 0 aliphatic carbocycles. The van der Waals surface area contributed by atoms with E-state index in [-0.39, 0.29) is 12.2 Å². The molecule has 0 aliphatic rings. The Labute approximate surface area is 111 Å². The number of carbonyl (C=O) groups excluding carboxylic acids is 1. The molecule has 0 N–H and O–H groups in total. The van der Waals surface area contributed by atoms with Crippen LogP contribution in [0.4, 0.5) is 0 Å². The normalized spacial score (nSPS) is 10.3. The zero-order valence-corrected chi connectivity index (χ0v) is 11.1. The zero-order valence-electron chi connectivity index (χ0n) is 11.1. The van der Waals surface area contributed by atoms with Crippen LogP contribution in [0.25, 0.3) is 0 Å². The number of ketones is 1. The second kappa shape index (κ2) is 5.51. The molecule has 6 heteroatoms. The summed E-state index contributed by atoms with van der Waals surface area (Å²) in [6.07, 6.45) is 3.39. The minimum atomic E-state index is -0.0659. The molecule has 0 unspecified atom stereocenters. The van der Waals surface area contributed by atoms with Gasteiger partial charge in [-0.3, -0.25) is 9.48 Å². The monoisotopic (exact) mass is 261 g/mol. The van der Waals surface area contributed by atoms with E-state index >= 15 is 0 Å². The second-order valence-corrected chi connectivity index (χ2v) is 3.99. The summed E-state index contributed by atoms with van der Waals surface area (Å²) in [6, 6.07) is 3.54. The predicted molar refractivity (Wildman–Crippen MR) is 68.6 cm³/mol. The number of aromatic nitrogens is 3. The molecule has 2 rings (SSSR count). The van der Waals surface area contributed by atoms with Crippen LogP contribution in [0.15, 0.2) is 24.5 Å². The second-order valence-electron chi connectivity index (χ2n) is 3.99. The number of hydrogen-bond acceptors (Lipinski definition) is 5. The lowest BCUT2D eigenvalue weighted by molar-refractivity contribution is 0.0981. The lowest BCUT2D eigenvalue weighted by Gasteiger charge is -2.05. The summed E-state index contributed by atoms with van der Waals surface area (Å²) in [6.45, 7) is 0. The van der Waals surface area contributed by atoms with Gasteiger partial charge >= 0.3 is 0 Å². The van der Waals surface area contributed by atoms with E-state index in [1.54, 1.807) is 26.4 Å². The Bertz CT molecular complexity index is 575. The molecule has 0 fully saturated rings. The van der Waals surface area contributed by atoms with Crippen LogP contribution in [0, 0.1) is 0 Å². The summed E-state index contributed by atoms with van der Waals surface area (Å²) in [7, 11) is 4.78. The maximum atomic E-state index is 12.2. The average molecular weight is 261 g/mol. The van der Waals surface area contributed by atoms with Crippen molar-refractivity contribution >= 4 is 5.78 Å². The van der Waals surface area contributed by atoms with Crippen molar-refractivity contribution in [2.75, 3.05) is 14.2 Å². The van der Waals surface area contributed by atoms with E-state index in [2.05, 4.69) is 10.1 Å². The fourth-order valence-electron chi connectivity index (χ4n) is 1.79. The van der Waals surface area contributed by atoms with E-state index in [9.17, 15) is 4.79 Å². The Balaban J connectivity index is 2.18. The van der Waals surface area contributed by atoms with Gasteiger partial charge in [0.25, 0.3) is 0 Å². The summed E-state index contributed by atoms with van der Waals surface area (Å²) in [4.78, 5) is 16.3. The molecule has 2 heterocycles. The van der Waals surface area contributed by atoms with Gasteiger partial charge in [0.2, 0.25) is 5.88 Å². The number of nitrogens with zero attached hydrogens (tertiary/aromatic N) is 3. The van der Waals surface area contributed by atoms with Gasteiger partial charge in [0.15, 0.2) is 11.5 Å². The number of aryl methyl sites for hydroxylation is 1.